The van der Waals surface area contributed by atoms with Crippen LogP contribution in [-0.4, -0.2) is 22.4 Å². The molecule has 0 aliphatic rings. The van der Waals surface area contributed by atoms with Gasteiger partial charge in [0.2, 0.25) is 0 Å². The SMILES string of the molecule is F[B-](F)(F)c1cccc2n[nH]nc12. The Hall–Kier alpha value is -1.53. The molecule has 13 heavy (non-hydrogen) atoms. The summed E-state index contributed by atoms with van der Waals surface area (Å²) in [5.41, 5.74) is -0.585. The van der Waals surface area contributed by atoms with Crippen molar-refractivity contribution in [2.45, 2.75) is 0 Å². The molecule has 68 valence electrons. The molecule has 0 saturated heterocycles. The average Bonchev–Trinajstić information content (AvgIpc) is 2.48. The third-order valence-electron chi connectivity index (χ3n) is 1.73. The zero-order valence-electron chi connectivity index (χ0n) is 6.34. The first-order chi connectivity index (χ1) is 6.09. The van der Waals surface area contributed by atoms with E-state index in [0.717, 1.165) is 6.07 Å². The third kappa shape index (κ3) is 1.26. The molecular formula is C6H4BF3N3-. The minimum absolute atomic E-state index is 0.116. The smallest absolute Gasteiger partial charge is 0.445 e. The number of hydrogen-bond donors (Lipinski definition) is 1. The maximum Gasteiger partial charge on any atom is 0.511 e. The van der Waals surface area contributed by atoms with E-state index in [0.29, 0.717) is 0 Å². The Morgan fingerprint density at radius 1 is 1.15 bits per heavy atom. The van der Waals surface area contributed by atoms with Crippen LogP contribution in [0.1, 0.15) is 0 Å². The van der Waals surface area contributed by atoms with Crippen molar-refractivity contribution in [1.29, 1.82) is 0 Å². The van der Waals surface area contributed by atoms with E-state index in [1.807, 2.05) is 0 Å². The Labute approximate surface area is 71.0 Å². The molecule has 0 atom stereocenters. The first-order valence-corrected chi connectivity index (χ1v) is 3.58. The van der Waals surface area contributed by atoms with Crippen LogP contribution in [0.4, 0.5) is 12.9 Å². The quantitative estimate of drug-likeness (QED) is 0.675. The van der Waals surface area contributed by atoms with Crippen molar-refractivity contribution in [3.63, 3.8) is 0 Å². The highest BCUT2D eigenvalue weighted by atomic mass is 19.4. The highest BCUT2D eigenvalue weighted by Crippen LogP contribution is 2.14. The molecule has 0 bridgehead atoms. The molecule has 0 amide bonds. The van der Waals surface area contributed by atoms with Crippen molar-refractivity contribution < 1.29 is 12.9 Å². The van der Waals surface area contributed by atoms with E-state index in [-0.39, 0.29) is 11.0 Å². The van der Waals surface area contributed by atoms with Crippen LogP contribution >= 0.6 is 0 Å². The monoisotopic (exact) mass is 186 g/mol. The van der Waals surface area contributed by atoms with Gasteiger partial charge in [-0.3, -0.25) is 0 Å². The summed E-state index contributed by atoms with van der Waals surface area (Å²) >= 11 is 0. The maximum atomic E-state index is 12.4. The second-order valence-corrected chi connectivity index (χ2v) is 2.61. The van der Waals surface area contributed by atoms with Crippen LogP contribution in [0.3, 0.4) is 0 Å². The van der Waals surface area contributed by atoms with Crippen molar-refractivity contribution in [2.75, 3.05) is 0 Å². The Balaban J connectivity index is 2.75. The number of fused-ring (bicyclic) bond motifs is 1. The lowest BCUT2D eigenvalue weighted by atomic mass is 9.79. The minimum Gasteiger partial charge on any atom is -0.445 e. The Morgan fingerprint density at radius 2 is 1.92 bits per heavy atom. The summed E-state index contributed by atoms with van der Waals surface area (Å²) in [5.74, 6) is 0. The van der Waals surface area contributed by atoms with Crippen molar-refractivity contribution in [2.24, 2.45) is 0 Å². The molecule has 0 radical (unpaired) electrons. The molecule has 2 rings (SSSR count). The fourth-order valence-corrected chi connectivity index (χ4v) is 1.15. The van der Waals surface area contributed by atoms with Crippen molar-refractivity contribution in [1.82, 2.24) is 15.4 Å². The van der Waals surface area contributed by atoms with E-state index in [4.69, 9.17) is 0 Å². The van der Waals surface area contributed by atoms with Gasteiger partial charge in [0.05, 0.1) is 5.52 Å². The van der Waals surface area contributed by atoms with Crippen LogP contribution in [0, 0.1) is 0 Å². The molecule has 1 heterocycles. The summed E-state index contributed by atoms with van der Waals surface area (Å²) in [6, 6.07) is 3.80. The summed E-state index contributed by atoms with van der Waals surface area (Å²) in [6.07, 6.45) is 0. The number of benzene rings is 1. The van der Waals surface area contributed by atoms with Gasteiger partial charge in [-0.15, -0.1) is 0 Å². The Bertz CT molecular complexity index is 436. The second-order valence-electron chi connectivity index (χ2n) is 2.61. The van der Waals surface area contributed by atoms with E-state index in [1.54, 1.807) is 0 Å². The number of H-pyrrole nitrogens is 1. The lowest BCUT2D eigenvalue weighted by Gasteiger charge is -2.13. The van der Waals surface area contributed by atoms with Gasteiger partial charge in [-0.2, -0.15) is 15.4 Å². The molecule has 1 aromatic carbocycles. The van der Waals surface area contributed by atoms with Gasteiger partial charge in [0.15, 0.2) is 0 Å². The number of nitrogens with zero attached hydrogens (tertiary/aromatic N) is 2. The van der Waals surface area contributed by atoms with Crippen LogP contribution in [0.15, 0.2) is 18.2 Å². The molecule has 0 spiro atoms. The highest BCUT2D eigenvalue weighted by molar-refractivity contribution is 6.75. The van der Waals surface area contributed by atoms with Crippen molar-refractivity contribution in [3.8, 4) is 0 Å². The number of hydrogen-bond acceptors (Lipinski definition) is 2. The van der Waals surface area contributed by atoms with Gasteiger partial charge >= 0.3 is 6.98 Å². The number of para-hydroxylation sites is 1. The molecule has 0 aliphatic heterocycles. The molecule has 1 N–H and O–H groups in total. The minimum atomic E-state index is -5.01. The first-order valence-electron chi connectivity index (χ1n) is 3.58. The van der Waals surface area contributed by atoms with Gasteiger partial charge in [-0.1, -0.05) is 17.6 Å². The summed E-state index contributed by atoms with van der Waals surface area (Å²) in [6.45, 7) is -5.01. The van der Waals surface area contributed by atoms with E-state index >= 15 is 0 Å². The Morgan fingerprint density at radius 3 is 2.62 bits per heavy atom. The standard InChI is InChI=1S/C6H4BF3N3/c8-7(9,10)4-2-1-3-5-6(4)12-13-11-5/h1-3H,(H,11,12,13)/q-1. The lowest BCUT2D eigenvalue weighted by Crippen LogP contribution is -2.34. The molecule has 2 aromatic rings. The molecule has 0 unspecified atom stereocenters. The van der Waals surface area contributed by atoms with E-state index < -0.39 is 12.4 Å². The summed E-state index contributed by atoms with van der Waals surface area (Å²) in [4.78, 5) is 0. The summed E-state index contributed by atoms with van der Waals surface area (Å²) < 4.78 is 37.1. The van der Waals surface area contributed by atoms with Crippen LogP contribution in [0.5, 0.6) is 0 Å². The fraction of sp³-hybridized carbons (Fsp3) is 0. The van der Waals surface area contributed by atoms with Gasteiger partial charge in [-0.25, -0.2) is 0 Å². The van der Waals surface area contributed by atoms with Gasteiger partial charge in [0.1, 0.15) is 5.52 Å². The van der Waals surface area contributed by atoms with Crippen LogP contribution < -0.4 is 5.46 Å². The predicted molar refractivity (Wildman–Crippen MR) is 42.6 cm³/mol. The number of nitrogens with one attached hydrogen (secondary N) is 1. The maximum absolute atomic E-state index is 12.4. The van der Waals surface area contributed by atoms with E-state index in [9.17, 15) is 12.9 Å². The van der Waals surface area contributed by atoms with Gasteiger partial charge < -0.3 is 12.9 Å². The third-order valence-corrected chi connectivity index (χ3v) is 1.73. The van der Waals surface area contributed by atoms with Gasteiger partial charge in [-0.05, 0) is 6.07 Å². The summed E-state index contributed by atoms with van der Waals surface area (Å²) in [5, 5.41) is 9.17. The van der Waals surface area contributed by atoms with Gasteiger partial charge in [0, 0.05) is 0 Å². The molecular weight excluding hydrogens is 182 g/mol. The molecule has 0 fully saturated rings. The predicted octanol–water partition coefficient (Wildman–Crippen LogP) is 1.01. The van der Waals surface area contributed by atoms with Crippen LogP contribution in [0.2, 0.25) is 0 Å². The van der Waals surface area contributed by atoms with Crippen molar-refractivity contribution in [3.05, 3.63) is 18.2 Å². The molecule has 0 saturated carbocycles. The zero-order chi connectivity index (χ0) is 9.47. The molecule has 7 heteroatoms. The number of aromatic nitrogens is 3. The fourth-order valence-electron chi connectivity index (χ4n) is 1.15. The van der Waals surface area contributed by atoms with Gasteiger partial charge in [0.25, 0.3) is 0 Å². The molecule has 3 nitrogen and oxygen atoms in total. The number of rotatable bonds is 1. The summed E-state index contributed by atoms with van der Waals surface area (Å²) in [7, 11) is 0. The van der Waals surface area contributed by atoms with Crippen LogP contribution in [0.25, 0.3) is 11.0 Å². The first kappa shape index (κ1) is 8.09. The highest BCUT2D eigenvalue weighted by Gasteiger charge is 2.28. The largest absolute Gasteiger partial charge is 0.511 e. The second kappa shape index (κ2) is 2.48. The van der Waals surface area contributed by atoms with Crippen molar-refractivity contribution >= 4 is 23.5 Å². The van der Waals surface area contributed by atoms with E-state index in [1.165, 1.54) is 12.1 Å². The topological polar surface area (TPSA) is 41.6 Å². The Kier molecular flexibility index (Phi) is 1.54. The van der Waals surface area contributed by atoms with Crippen LogP contribution in [-0.2, 0) is 0 Å². The zero-order valence-corrected chi connectivity index (χ0v) is 6.34. The lowest BCUT2D eigenvalue weighted by molar-refractivity contribution is 0.501. The van der Waals surface area contributed by atoms with E-state index in [2.05, 4.69) is 15.4 Å². The normalized spacial score (nSPS) is 12.2. The molecule has 0 aliphatic carbocycles. The molecule has 1 aromatic heterocycles. The average molecular weight is 186 g/mol. The number of aromatic amines is 1. The number of halogens is 3.